The zero-order valence-electron chi connectivity index (χ0n) is 8.50. The Balaban J connectivity index is 2.33. The fourth-order valence-corrected chi connectivity index (χ4v) is 3.78. The second-order valence-electron chi connectivity index (χ2n) is 3.82. The maximum absolute atomic E-state index is 11.4. The molecule has 0 bridgehead atoms. The van der Waals surface area contributed by atoms with Crippen LogP contribution in [0, 0.1) is 0 Å². The molecule has 2 heterocycles. The Hall–Kier alpha value is -0.880. The Morgan fingerprint density at radius 2 is 2.33 bits per heavy atom. The topological polar surface area (TPSA) is 72.2 Å². The van der Waals surface area contributed by atoms with Crippen LogP contribution in [0.25, 0.3) is 0 Å². The lowest BCUT2D eigenvalue weighted by atomic mass is 10.2. The average Bonchev–Trinajstić information content (AvgIpc) is 2.69. The molecule has 2 rings (SSSR count). The quantitative estimate of drug-likeness (QED) is 0.762. The van der Waals surface area contributed by atoms with Gasteiger partial charge in [0.1, 0.15) is 5.82 Å². The van der Waals surface area contributed by atoms with Crippen molar-refractivity contribution < 1.29 is 13.5 Å². The number of hydrogen-bond donors (Lipinski definition) is 1. The van der Waals surface area contributed by atoms with Gasteiger partial charge in [0.05, 0.1) is 23.7 Å². The first-order valence-corrected chi connectivity index (χ1v) is 6.76. The van der Waals surface area contributed by atoms with Gasteiger partial charge in [-0.3, -0.25) is 0 Å². The molecule has 15 heavy (non-hydrogen) atoms. The normalized spacial score (nSPS) is 29.5. The SMILES string of the molecule is CCc1nccn1C1CS(=O)(=O)CC1O. The highest BCUT2D eigenvalue weighted by molar-refractivity contribution is 7.91. The van der Waals surface area contributed by atoms with E-state index in [1.807, 2.05) is 6.92 Å². The van der Waals surface area contributed by atoms with Crippen LogP contribution in [0.15, 0.2) is 12.4 Å². The molecule has 0 radical (unpaired) electrons. The van der Waals surface area contributed by atoms with Gasteiger partial charge in [-0.05, 0) is 0 Å². The third-order valence-corrected chi connectivity index (χ3v) is 4.41. The molecule has 6 heteroatoms. The van der Waals surface area contributed by atoms with E-state index in [1.54, 1.807) is 17.0 Å². The maximum atomic E-state index is 11.4. The minimum Gasteiger partial charge on any atom is -0.390 e. The van der Waals surface area contributed by atoms with Gasteiger partial charge in [0.25, 0.3) is 0 Å². The first-order chi connectivity index (χ1) is 7.03. The first-order valence-electron chi connectivity index (χ1n) is 4.93. The molecule has 5 nitrogen and oxygen atoms in total. The Morgan fingerprint density at radius 3 is 2.87 bits per heavy atom. The average molecular weight is 230 g/mol. The van der Waals surface area contributed by atoms with Gasteiger partial charge in [-0.15, -0.1) is 0 Å². The van der Waals surface area contributed by atoms with E-state index < -0.39 is 15.9 Å². The number of aliphatic hydroxyl groups is 1. The van der Waals surface area contributed by atoms with E-state index in [4.69, 9.17) is 0 Å². The molecule has 1 saturated heterocycles. The maximum Gasteiger partial charge on any atom is 0.155 e. The molecule has 1 N–H and O–H groups in total. The summed E-state index contributed by atoms with van der Waals surface area (Å²) in [6.45, 7) is 1.95. The number of sulfone groups is 1. The second kappa shape index (κ2) is 3.61. The number of aryl methyl sites for hydroxylation is 1. The smallest absolute Gasteiger partial charge is 0.155 e. The Labute approximate surface area is 88.7 Å². The molecule has 0 amide bonds. The standard InChI is InChI=1S/C9H14N2O3S/c1-2-9-10-3-4-11(9)7-5-15(13,14)6-8(7)12/h3-4,7-8,12H,2,5-6H2,1H3. The van der Waals surface area contributed by atoms with Crippen LogP contribution in [0.3, 0.4) is 0 Å². The molecule has 0 aliphatic carbocycles. The minimum absolute atomic E-state index is 0.0114. The van der Waals surface area contributed by atoms with Gasteiger partial charge >= 0.3 is 0 Å². The zero-order valence-corrected chi connectivity index (χ0v) is 9.31. The van der Waals surface area contributed by atoms with Gasteiger partial charge in [-0.1, -0.05) is 6.92 Å². The number of hydrogen-bond acceptors (Lipinski definition) is 4. The summed E-state index contributed by atoms with van der Waals surface area (Å²) < 4.78 is 24.5. The van der Waals surface area contributed by atoms with Gasteiger partial charge in [0, 0.05) is 18.8 Å². The largest absolute Gasteiger partial charge is 0.390 e. The highest BCUT2D eigenvalue weighted by Crippen LogP contribution is 2.25. The predicted molar refractivity (Wildman–Crippen MR) is 55.3 cm³/mol. The molecule has 1 aromatic heterocycles. The molecular weight excluding hydrogens is 216 g/mol. The van der Waals surface area contributed by atoms with Crippen molar-refractivity contribution in [2.24, 2.45) is 0 Å². The molecule has 2 atom stereocenters. The van der Waals surface area contributed by atoms with Gasteiger partial charge in [0.2, 0.25) is 0 Å². The summed E-state index contributed by atoms with van der Waals surface area (Å²) in [6, 6.07) is -0.368. The van der Waals surface area contributed by atoms with Gasteiger partial charge in [0.15, 0.2) is 9.84 Å². The minimum atomic E-state index is -3.09. The number of imidazole rings is 1. The van der Waals surface area contributed by atoms with E-state index in [9.17, 15) is 13.5 Å². The molecule has 1 aromatic rings. The molecule has 1 aliphatic heterocycles. The third kappa shape index (κ3) is 1.91. The Morgan fingerprint density at radius 1 is 1.60 bits per heavy atom. The predicted octanol–water partition coefficient (Wildman–Crippen LogP) is -0.224. The van der Waals surface area contributed by atoms with E-state index >= 15 is 0 Å². The van der Waals surface area contributed by atoms with Crippen molar-refractivity contribution in [1.82, 2.24) is 9.55 Å². The summed E-state index contributed by atoms with van der Waals surface area (Å²) in [5.41, 5.74) is 0. The van der Waals surface area contributed by atoms with Crippen molar-refractivity contribution >= 4 is 9.84 Å². The van der Waals surface area contributed by atoms with Gasteiger partial charge in [-0.2, -0.15) is 0 Å². The van der Waals surface area contributed by atoms with Crippen molar-refractivity contribution in [1.29, 1.82) is 0 Å². The number of rotatable bonds is 2. The van der Waals surface area contributed by atoms with Crippen molar-refractivity contribution in [2.75, 3.05) is 11.5 Å². The van der Waals surface area contributed by atoms with Crippen molar-refractivity contribution in [3.8, 4) is 0 Å². The van der Waals surface area contributed by atoms with E-state index in [0.717, 1.165) is 12.2 Å². The zero-order chi connectivity index (χ0) is 11.1. The van der Waals surface area contributed by atoms with Crippen LogP contribution in [-0.2, 0) is 16.3 Å². The summed E-state index contributed by atoms with van der Waals surface area (Å²) in [7, 11) is -3.09. The summed E-state index contributed by atoms with van der Waals surface area (Å²) in [6.07, 6.45) is 3.29. The molecule has 0 spiro atoms. The third-order valence-electron chi connectivity index (χ3n) is 2.72. The molecule has 84 valence electrons. The molecular formula is C9H14N2O3S. The van der Waals surface area contributed by atoms with E-state index in [2.05, 4.69) is 4.98 Å². The van der Waals surface area contributed by atoms with Crippen LogP contribution in [0.2, 0.25) is 0 Å². The monoisotopic (exact) mass is 230 g/mol. The lowest BCUT2D eigenvalue weighted by molar-refractivity contribution is 0.151. The van der Waals surface area contributed by atoms with Crippen LogP contribution in [0.1, 0.15) is 18.8 Å². The van der Waals surface area contributed by atoms with Crippen LogP contribution in [-0.4, -0.2) is 40.7 Å². The van der Waals surface area contributed by atoms with E-state index in [1.165, 1.54) is 0 Å². The summed E-state index contributed by atoms with van der Waals surface area (Å²) in [5.74, 6) is 0.687. The number of nitrogens with zero attached hydrogens (tertiary/aromatic N) is 2. The van der Waals surface area contributed by atoms with E-state index in [-0.39, 0.29) is 17.5 Å². The van der Waals surface area contributed by atoms with Crippen molar-refractivity contribution in [3.63, 3.8) is 0 Å². The van der Waals surface area contributed by atoms with Gasteiger partial charge < -0.3 is 9.67 Å². The van der Waals surface area contributed by atoms with Crippen molar-refractivity contribution in [3.05, 3.63) is 18.2 Å². The molecule has 0 aromatic carbocycles. The highest BCUT2D eigenvalue weighted by Gasteiger charge is 2.38. The molecule has 2 unspecified atom stereocenters. The molecule has 0 saturated carbocycles. The first kappa shape index (κ1) is 10.6. The fraction of sp³-hybridized carbons (Fsp3) is 0.667. The van der Waals surface area contributed by atoms with Gasteiger partial charge in [-0.25, -0.2) is 13.4 Å². The van der Waals surface area contributed by atoms with Crippen LogP contribution < -0.4 is 0 Å². The lowest BCUT2D eigenvalue weighted by Crippen LogP contribution is -2.23. The van der Waals surface area contributed by atoms with Crippen LogP contribution >= 0.6 is 0 Å². The fourth-order valence-electron chi connectivity index (χ4n) is 2.00. The molecule has 1 fully saturated rings. The highest BCUT2D eigenvalue weighted by atomic mass is 32.2. The second-order valence-corrected chi connectivity index (χ2v) is 5.97. The Kier molecular flexibility index (Phi) is 2.56. The van der Waals surface area contributed by atoms with Crippen LogP contribution in [0.5, 0.6) is 0 Å². The molecule has 1 aliphatic rings. The summed E-state index contributed by atoms with van der Waals surface area (Å²) in [5, 5.41) is 9.69. The van der Waals surface area contributed by atoms with E-state index in [0.29, 0.717) is 0 Å². The number of aromatic nitrogens is 2. The lowest BCUT2D eigenvalue weighted by Gasteiger charge is -2.16. The van der Waals surface area contributed by atoms with Crippen molar-refractivity contribution in [2.45, 2.75) is 25.5 Å². The summed E-state index contributed by atoms with van der Waals surface area (Å²) in [4.78, 5) is 4.12. The van der Waals surface area contributed by atoms with Crippen LogP contribution in [0.4, 0.5) is 0 Å². The Bertz CT molecular complexity index is 452. The summed E-state index contributed by atoms with van der Waals surface area (Å²) >= 11 is 0. The number of aliphatic hydroxyl groups excluding tert-OH is 1.